The van der Waals surface area contributed by atoms with E-state index >= 15 is 0 Å². The van der Waals surface area contributed by atoms with E-state index in [9.17, 15) is 15.0 Å². The van der Waals surface area contributed by atoms with Crippen molar-refractivity contribution in [2.24, 2.45) is 0 Å². The number of rotatable bonds is 8. The van der Waals surface area contributed by atoms with E-state index in [1.807, 2.05) is 36.4 Å². The average Bonchev–Trinajstić information content (AvgIpc) is 3.50. The zero-order chi connectivity index (χ0) is 23.7. The standard InChI is InChI=1S/C26H26N4O4/c1-2-25(32)30-12-10-16(15-30)20-13-21-22(14-23(20)31)27-11-9-24(21)34-19-7-5-18(6-8-19)29-26(33)28-17-3-4-17/h2,5-11,13-14,17,26,28-29,31,33H,1,3-4,12,15H2. The summed E-state index contributed by atoms with van der Waals surface area (Å²) < 4.78 is 6.14. The molecule has 0 saturated heterocycles. The van der Waals surface area contributed by atoms with Crippen LogP contribution in [0, 0.1) is 0 Å². The third kappa shape index (κ3) is 4.73. The van der Waals surface area contributed by atoms with Gasteiger partial charge in [0, 0.05) is 48.0 Å². The number of pyridine rings is 1. The molecule has 1 saturated carbocycles. The summed E-state index contributed by atoms with van der Waals surface area (Å²) in [6, 6.07) is 12.9. The fraction of sp³-hybridized carbons (Fsp3) is 0.231. The molecule has 5 rings (SSSR count). The Labute approximate surface area is 197 Å². The molecule has 2 heterocycles. The van der Waals surface area contributed by atoms with Crippen LogP contribution in [0.5, 0.6) is 17.2 Å². The summed E-state index contributed by atoms with van der Waals surface area (Å²) in [5.74, 6) is 1.18. The van der Waals surface area contributed by atoms with E-state index in [-0.39, 0.29) is 11.7 Å². The van der Waals surface area contributed by atoms with E-state index in [4.69, 9.17) is 4.74 Å². The maximum Gasteiger partial charge on any atom is 0.246 e. The lowest BCUT2D eigenvalue weighted by atomic mass is 10.0. The van der Waals surface area contributed by atoms with Gasteiger partial charge in [-0.15, -0.1) is 0 Å². The summed E-state index contributed by atoms with van der Waals surface area (Å²) in [4.78, 5) is 18.0. The van der Waals surface area contributed by atoms with Gasteiger partial charge in [-0.25, -0.2) is 0 Å². The molecule has 1 aliphatic heterocycles. The van der Waals surface area contributed by atoms with E-state index in [2.05, 4.69) is 22.2 Å². The highest BCUT2D eigenvalue weighted by Gasteiger charge is 2.23. The molecule has 34 heavy (non-hydrogen) atoms. The van der Waals surface area contributed by atoms with Gasteiger partial charge in [0.25, 0.3) is 0 Å². The number of amides is 1. The van der Waals surface area contributed by atoms with Crippen LogP contribution < -0.4 is 15.4 Å². The highest BCUT2D eigenvalue weighted by molar-refractivity contribution is 5.94. The number of ether oxygens (including phenoxy) is 1. The number of nitrogens with one attached hydrogen (secondary N) is 2. The molecule has 174 valence electrons. The van der Waals surface area contributed by atoms with Gasteiger partial charge in [-0.05, 0) is 60.9 Å². The molecule has 1 fully saturated rings. The Balaban J connectivity index is 1.36. The first-order valence-corrected chi connectivity index (χ1v) is 11.2. The van der Waals surface area contributed by atoms with E-state index < -0.39 is 6.35 Å². The smallest absolute Gasteiger partial charge is 0.246 e. The molecule has 1 unspecified atom stereocenters. The Hall–Kier alpha value is -3.88. The number of hydrogen-bond donors (Lipinski definition) is 4. The van der Waals surface area contributed by atoms with E-state index in [0.29, 0.717) is 41.7 Å². The van der Waals surface area contributed by atoms with Crippen LogP contribution in [0.2, 0.25) is 0 Å². The number of fused-ring (bicyclic) bond motifs is 1. The Kier molecular flexibility index (Phi) is 5.91. The molecule has 0 bridgehead atoms. The van der Waals surface area contributed by atoms with Crippen molar-refractivity contribution in [2.75, 3.05) is 18.4 Å². The summed E-state index contributed by atoms with van der Waals surface area (Å²) in [5.41, 5.74) is 2.87. The molecule has 2 aliphatic rings. The molecule has 8 heteroatoms. The van der Waals surface area contributed by atoms with Gasteiger partial charge in [-0.2, -0.15) is 0 Å². The number of carbonyl (C=O) groups is 1. The molecule has 0 radical (unpaired) electrons. The first kappa shape index (κ1) is 21.9. The molecular weight excluding hydrogens is 432 g/mol. The van der Waals surface area contributed by atoms with Gasteiger partial charge in [0.1, 0.15) is 17.2 Å². The number of hydrogen-bond acceptors (Lipinski definition) is 7. The fourth-order valence-corrected chi connectivity index (χ4v) is 3.97. The summed E-state index contributed by atoms with van der Waals surface area (Å²) >= 11 is 0. The molecule has 1 aliphatic carbocycles. The van der Waals surface area contributed by atoms with Crippen LogP contribution in [-0.2, 0) is 4.79 Å². The number of aromatic nitrogens is 1. The number of aromatic hydroxyl groups is 1. The molecule has 2 aromatic carbocycles. The van der Waals surface area contributed by atoms with Crippen molar-refractivity contribution in [3.63, 3.8) is 0 Å². The summed E-state index contributed by atoms with van der Waals surface area (Å²) in [6.07, 6.45) is 6.24. The van der Waals surface area contributed by atoms with Gasteiger partial charge in [-0.1, -0.05) is 12.7 Å². The topological polar surface area (TPSA) is 107 Å². The second-order valence-electron chi connectivity index (χ2n) is 8.46. The van der Waals surface area contributed by atoms with E-state index in [0.717, 1.165) is 29.5 Å². The Morgan fingerprint density at radius 2 is 2.03 bits per heavy atom. The first-order valence-electron chi connectivity index (χ1n) is 11.2. The van der Waals surface area contributed by atoms with Crippen molar-refractivity contribution in [1.29, 1.82) is 0 Å². The normalized spacial score (nSPS) is 16.3. The predicted molar refractivity (Wildman–Crippen MR) is 130 cm³/mol. The Morgan fingerprint density at radius 3 is 2.76 bits per heavy atom. The quantitative estimate of drug-likeness (QED) is 0.302. The maximum absolute atomic E-state index is 11.9. The van der Waals surface area contributed by atoms with Gasteiger partial charge in [0.05, 0.1) is 5.52 Å². The monoisotopic (exact) mass is 458 g/mol. The fourth-order valence-electron chi connectivity index (χ4n) is 3.97. The highest BCUT2D eigenvalue weighted by atomic mass is 16.5. The number of anilines is 1. The van der Waals surface area contributed by atoms with E-state index in [1.165, 1.54) is 6.08 Å². The van der Waals surface area contributed by atoms with Gasteiger partial charge < -0.3 is 25.2 Å². The number of aliphatic hydroxyl groups excluding tert-OH is 1. The lowest BCUT2D eigenvalue weighted by Gasteiger charge is -2.16. The molecule has 1 aromatic heterocycles. The average molecular weight is 459 g/mol. The third-order valence-corrected chi connectivity index (χ3v) is 5.93. The largest absolute Gasteiger partial charge is 0.507 e. The predicted octanol–water partition coefficient (Wildman–Crippen LogP) is 3.58. The first-order chi connectivity index (χ1) is 16.5. The zero-order valence-corrected chi connectivity index (χ0v) is 18.6. The van der Waals surface area contributed by atoms with Crippen molar-refractivity contribution >= 4 is 28.1 Å². The second kappa shape index (κ2) is 9.17. The minimum Gasteiger partial charge on any atom is -0.507 e. The minimum absolute atomic E-state index is 0.102. The van der Waals surface area contributed by atoms with Gasteiger partial charge in [-0.3, -0.25) is 15.1 Å². The van der Waals surface area contributed by atoms with Crippen LogP contribution in [0.4, 0.5) is 5.69 Å². The second-order valence-corrected chi connectivity index (χ2v) is 8.46. The van der Waals surface area contributed by atoms with Crippen LogP contribution in [0.15, 0.2) is 67.4 Å². The zero-order valence-electron chi connectivity index (χ0n) is 18.6. The lowest BCUT2D eigenvalue weighted by molar-refractivity contribution is -0.124. The Morgan fingerprint density at radius 1 is 1.24 bits per heavy atom. The molecular formula is C26H26N4O4. The van der Waals surface area contributed by atoms with Gasteiger partial charge >= 0.3 is 0 Å². The van der Waals surface area contributed by atoms with Crippen molar-refractivity contribution < 1.29 is 19.7 Å². The molecule has 8 nitrogen and oxygen atoms in total. The van der Waals surface area contributed by atoms with Crippen LogP contribution in [-0.4, -0.2) is 51.5 Å². The highest BCUT2D eigenvalue weighted by Crippen LogP contribution is 2.37. The minimum atomic E-state index is -0.794. The number of phenols is 1. The molecule has 0 spiro atoms. The van der Waals surface area contributed by atoms with E-state index in [1.54, 1.807) is 23.2 Å². The summed E-state index contributed by atoms with van der Waals surface area (Å²) in [7, 11) is 0. The SMILES string of the molecule is C=CC(=O)N1CC=C(c2cc3c(Oc4ccc(NC(O)NC5CC5)cc4)ccnc3cc2O)C1. The van der Waals surface area contributed by atoms with Crippen molar-refractivity contribution in [1.82, 2.24) is 15.2 Å². The number of nitrogens with zero attached hydrogens (tertiary/aromatic N) is 2. The van der Waals surface area contributed by atoms with Crippen LogP contribution in [0.3, 0.4) is 0 Å². The van der Waals surface area contributed by atoms with Gasteiger partial charge in [0.2, 0.25) is 5.91 Å². The van der Waals surface area contributed by atoms with Crippen LogP contribution >= 0.6 is 0 Å². The number of phenolic OH excluding ortho intramolecular Hbond substituents is 1. The number of benzene rings is 2. The molecule has 3 aromatic rings. The third-order valence-electron chi connectivity index (χ3n) is 5.93. The van der Waals surface area contributed by atoms with Crippen molar-refractivity contribution in [3.05, 3.63) is 73.0 Å². The number of carbonyl (C=O) groups excluding carboxylic acids is 1. The lowest BCUT2D eigenvalue weighted by Crippen LogP contribution is -2.37. The van der Waals surface area contributed by atoms with Crippen LogP contribution in [0.1, 0.15) is 18.4 Å². The molecule has 1 atom stereocenters. The summed E-state index contributed by atoms with van der Waals surface area (Å²) in [5, 5.41) is 27.5. The Bertz CT molecular complexity index is 1270. The molecule has 4 N–H and O–H groups in total. The van der Waals surface area contributed by atoms with Crippen molar-refractivity contribution in [2.45, 2.75) is 25.2 Å². The number of aliphatic hydroxyl groups is 1. The van der Waals surface area contributed by atoms with Crippen molar-refractivity contribution in [3.8, 4) is 17.2 Å². The molecule has 1 amide bonds. The van der Waals surface area contributed by atoms with Crippen LogP contribution in [0.25, 0.3) is 16.5 Å². The van der Waals surface area contributed by atoms with Gasteiger partial charge in [0.15, 0.2) is 6.35 Å². The summed E-state index contributed by atoms with van der Waals surface area (Å²) in [6.45, 7) is 4.41. The maximum atomic E-state index is 11.9.